The van der Waals surface area contributed by atoms with Gasteiger partial charge in [-0.3, -0.25) is 0 Å². The molecule has 0 aliphatic carbocycles. The summed E-state index contributed by atoms with van der Waals surface area (Å²) in [6.45, 7) is 13.3. The number of phenols is 2. The van der Waals surface area contributed by atoms with E-state index in [9.17, 15) is 10.2 Å². The van der Waals surface area contributed by atoms with Gasteiger partial charge in [-0.05, 0) is 55.5 Å². The van der Waals surface area contributed by atoms with Crippen LogP contribution in [0.25, 0.3) is 11.1 Å². The minimum absolute atomic E-state index is 0.170. The molecule has 3 aromatic carbocycles. The second kappa shape index (κ2) is 8.43. The molecule has 0 radical (unpaired) electrons. The van der Waals surface area contributed by atoms with Crippen LogP contribution in [0.3, 0.4) is 0 Å². The molecule has 0 spiro atoms. The van der Waals surface area contributed by atoms with Crippen LogP contribution in [-0.4, -0.2) is 16.8 Å². The molecule has 3 aromatic rings. The number of nitrogens with zero attached hydrogens (tertiary/aromatic N) is 1. The zero-order valence-electron chi connectivity index (χ0n) is 19.0. The number of rotatable bonds is 5. The normalized spacial score (nSPS) is 11.5. The molecule has 0 fully saturated rings. The van der Waals surface area contributed by atoms with Crippen LogP contribution in [0, 0.1) is 13.8 Å². The molecule has 2 N–H and O–H groups in total. The molecule has 3 rings (SSSR count). The fourth-order valence-corrected chi connectivity index (χ4v) is 3.93. The van der Waals surface area contributed by atoms with Gasteiger partial charge in [0.2, 0.25) is 0 Å². The smallest absolute Gasteiger partial charge is 0.142 e. The summed E-state index contributed by atoms with van der Waals surface area (Å²) in [6.07, 6.45) is 0.923. The number of benzene rings is 3. The average Bonchev–Trinajstić information content (AvgIpc) is 2.69. The molecular formula is C27H33NO2. The van der Waals surface area contributed by atoms with E-state index in [-0.39, 0.29) is 11.2 Å². The Hall–Kier alpha value is -2.94. The highest BCUT2D eigenvalue weighted by Crippen LogP contribution is 2.45. The highest BCUT2D eigenvalue weighted by Gasteiger charge is 2.25. The summed E-state index contributed by atoms with van der Waals surface area (Å²) >= 11 is 0. The summed E-state index contributed by atoms with van der Waals surface area (Å²) in [5, 5.41) is 21.9. The maximum Gasteiger partial charge on any atom is 0.142 e. The quantitative estimate of drug-likeness (QED) is 0.472. The van der Waals surface area contributed by atoms with E-state index in [4.69, 9.17) is 0 Å². The van der Waals surface area contributed by atoms with Crippen LogP contribution < -0.4 is 4.90 Å². The molecule has 30 heavy (non-hydrogen) atoms. The summed E-state index contributed by atoms with van der Waals surface area (Å²) < 4.78 is 0. The van der Waals surface area contributed by atoms with Crippen molar-refractivity contribution in [3.05, 3.63) is 71.3 Å². The van der Waals surface area contributed by atoms with Crippen LogP contribution in [-0.2, 0) is 5.41 Å². The Morgan fingerprint density at radius 3 is 2.17 bits per heavy atom. The molecule has 158 valence electrons. The third-order valence-corrected chi connectivity index (χ3v) is 5.42. The molecule has 0 aliphatic rings. The zero-order valence-corrected chi connectivity index (χ0v) is 19.0. The maximum absolute atomic E-state index is 11.3. The van der Waals surface area contributed by atoms with E-state index in [0.717, 1.165) is 52.2 Å². The predicted octanol–water partition coefficient (Wildman–Crippen LogP) is 7.23. The van der Waals surface area contributed by atoms with Gasteiger partial charge in [0.1, 0.15) is 11.5 Å². The Balaban J connectivity index is 2.26. The minimum Gasteiger partial charge on any atom is -0.507 e. The Morgan fingerprint density at radius 1 is 0.800 bits per heavy atom. The van der Waals surface area contributed by atoms with Crippen molar-refractivity contribution in [1.82, 2.24) is 0 Å². The number of hydrogen-bond donors (Lipinski definition) is 2. The fourth-order valence-electron chi connectivity index (χ4n) is 3.93. The first-order valence-electron chi connectivity index (χ1n) is 10.6. The second-order valence-electron chi connectivity index (χ2n) is 9.12. The van der Waals surface area contributed by atoms with Crippen LogP contribution in [0.15, 0.2) is 54.6 Å². The van der Waals surface area contributed by atoms with Crippen LogP contribution in [0.5, 0.6) is 11.5 Å². The standard InChI is InChI=1S/C27H33NO2/c1-7-14-28(24-17-19(3)16-22(26(24)30)27(4,5)6)23-11-9-8-10-20(23)21-15-18(2)12-13-25(21)29/h8-13,15-17,29-30H,7,14H2,1-6H3. The summed E-state index contributed by atoms with van der Waals surface area (Å²) in [4.78, 5) is 2.18. The second-order valence-corrected chi connectivity index (χ2v) is 9.12. The molecule has 3 heteroatoms. The number of hydrogen-bond acceptors (Lipinski definition) is 3. The molecule has 0 amide bonds. The van der Waals surface area contributed by atoms with E-state index < -0.39 is 0 Å². The molecule has 0 saturated heterocycles. The largest absolute Gasteiger partial charge is 0.507 e. The highest BCUT2D eigenvalue weighted by molar-refractivity contribution is 5.86. The van der Waals surface area contributed by atoms with Gasteiger partial charge in [0, 0.05) is 28.9 Å². The number of phenolic OH excluding ortho intramolecular Hbond substituents is 2. The number of para-hydroxylation sites is 1. The molecule has 3 nitrogen and oxygen atoms in total. The monoisotopic (exact) mass is 403 g/mol. The summed E-state index contributed by atoms with van der Waals surface area (Å²) in [5.41, 5.74) is 6.51. The lowest BCUT2D eigenvalue weighted by Crippen LogP contribution is -2.21. The Bertz CT molecular complexity index is 1050. The van der Waals surface area contributed by atoms with Crippen LogP contribution >= 0.6 is 0 Å². The van der Waals surface area contributed by atoms with E-state index in [0.29, 0.717) is 5.75 Å². The molecule has 0 unspecified atom stereocenters. The van der Waals surface area contributed by atoms with E-state index in [1.54, 1.807) is 6.07 Å². The van der Waals surface area contributed by atoms with Gasteiger partial charge in [-0.25, -0.2) is 0 Å². The average molecular weight is 404 g/mol. The van der Waals surface area contributed by atoms with Gasteiger partial charge in [0.15, 0.2) is 0 Å². The molecule has 0 atom stereocenters. The Labute approximate surface area is 180 Å². The van der Waals surface area contributed by atoms with Crippen molar-refractivity contribution in [2.24, 2.45) is 0 Å². The van der Waals surface area contributed by atoms with Gasteiger partial charge < -0.3 is 15.1 Å². The van der Waals surface area contributed by atoms with Gasteiger partial charge in [0.25, 0.3) is 0 Å². The fraction of sp³-hybridized carbons (Fsp3) is 0.333. The van der Waals surface area contributed by atoms with Gasteiger partial charge in [0.05, 0.1) is 5.69 Å². The molecule has 0 heterocycles. The SMILES string of the molecule is CCCN(c1ccccc1-c1cc(C)ccc1O)c1cc(C)cc(C(C)(C)C)c1O. The van der Waals surface area contributed by atoms with Crippen LogP contribution in [0.2, 0.25) is 0 Å². The molecule has 0 aliphatic heterocycles. The summed E-state index contributed by atoms with van der Waals surface area (Å²) in [7, 11) is 0. The summed E-state index contributed by atoms with van der Waals surface area (Å²) in [6, 6.07) is 17.9. The molecular weight excluding hydrogens is 370 g/mol. The molecule has 0 saturated carbocycles. The van der Waals surface area contributed by atoms with Gasteiger partial charge in [-0.1, -0.05) is 63.6 Å². The maximum atomic E-state index is 11.3. The van der Waals surface area contributed by atoms with Crippen LogP contribution in [0.1, 0.15) is 50.8 Å². The zero-order chi connectivity index (χ0) is 22.1. The lowest BCUT2D eigenvalue weighted by Gasteiger charge is -2.31. The number of aromatic hydroxyl groups is 2. The number of anilines is 2. The Kier molecular flexibility index (Phi) is 6.12. The number of aryl methyl sites for hydroxylation is 2. The van der Waals surface area contributed by atoms with Crippen molar-refractivity contribution in [3.8, 4) is 22.6 Å². The van der Waals surface area contributed by atoms with E-state index in [1.165, 1.54) is 0 Å². The van der Waals surface area contributed by atoms with Crippen LogP contribution in [0.4, 0.5) is 11.4 Å². The van der Waals surface area contributed by atoms with Gasteiger partial charge in [-0.15, -0.1) is 0 Å². The predicted molar refractivity (Wildman–Crippen MR) is 127 cm³/mol. The van der Waals surface area contributed by atoms with Crippen molar-refractivity contribution >= 4 is 11.4 Å². The first kappa shape index (κ1) is 21.8. The first-order valence-corrected chi connectivity index (χ1v) is 10.6. The molecule has 0 bridgehead atoms. The first-order chi connectivity index (χ1) is 14.1. The Morgan fingerprint density at radius 2 is 1.50 bits per heavy atom. The van der Waals surface area contributed by atoms with E-state index >= 15 is 0 Å². The van der Waals surface area contributed by atoms with Crippen molar-refractivity contribution in [2.75, 3.05) is 11.4 Å². The third-order valence-electron chi connectivity index (χ3n) is 5.42. The summed E-state index contributed by atoms with van der Waals surface area (Å²) in [5.74, 6) is 0.582. The highest BCUT2D eigenvalue weighted by atomic mass is 16.3. The molecule has 0 aromatic heterocycles. The van der Waals surface area contributed by atoms with Gasteiger partial charge in [-0.2, -0.15) is 0 Å². The lowest BCUT2D eigenvalue weighted by atomic mass is 9.84. The third kappa shape index (κ3) is 4.30. The minimum atomic E-state index is -0.170. The lowest BCUT2D eigenvalue weighted by molar-refractivity contribution is 0.446. The van der Waals surface area contributed by atoms with Crippen molar-refractivity contribution in [1.29, 1.82) is 0 Å². The van der Waals surface area contributed by atoms with E-state index in [1.807, 2.05) is 43.3 Å². The van der Waals surface area contributed by atoms with Crippen molar-refractivity contribution in [3.63, 3.8) is 0 Å². The topological polar surface area (TPSA) is 43.7 Å². The van der Waals surface area contributed by atoms with E-state index in [2.05, 4.69) is 51.7 Å². The van der Waals surface area contributed by atoms with Crippen molar-refractivity contribution in [2.45, 2.75) is 53.4 Å². The van der Waals surface area contributed by atoms with Crippen molar-refractivity contribution < 1.29 is 10.2 Å². The van der Waals surface area contributed by atoms with Gasteiger partial charge >= 0.3 is 0 Å².